The summed E-state index contributed by atoms with van der Waals surface area (Å²) in [5, 5.41) is 0. The number of rotatable bonds is 3. The van der Waals surface area contributed by atoms with Crippen LogP contribution in [0.15, 0.2) is 12.7 Å². The zero-order valence-electron chi connectivity index (χ0n) is 6.92. The fraction of sp³-hybridized carbons (Fsp3) is 0.778. The molecule has 2 heteroatoms. The van der Waals surface area contributed by atoms with Gasteiger partial charge in [0.05, 0.1) is 12.2 Å². The molecule has 1 rings (SSSR count). The van der Waals surface area contributed by atoms with Crippen LogP contribution >= 0.6 is 22.6 Å². The Morgan fingerprint density at radius 2 is 2.45 bits per heavy atom. The Morgan fingerprint density at radius 3 is 2.91 bits per heavy atom. The number of allylic oxidation sites excluding steroid dienone is 1. The molecule has 1 fully saturated rings. The molecule has 0 aromatic heterocycles. The predicted octanol–water partition coefficient (Wildman–Crippen LogP) is 2.93. The van der Waals surface area contributed by atoms with Crippen LogP contribution in [0, 0.1) is 0 Å². The lowest BCUT2D eigenvalue weighted by Crippen LogP contribution is -2.09. The van der Waals surface area contributed by atoms with Gasteiger partial charge in [0.1, 0.15) is 0 Å². The van der Waals surface area contributed by atoms with Gasteiger partial charge in [0.15, 0.2) is 0 Å². The summed E-state index contributed by atoms with van der Waals surface area (Å²) in [6.07, 6.45) is 6.35. The maximum atomic E-state index is 5.72. The first-order valence-electron chi connectivity index (χ1n) is 4.14. The summed E-state index contributed by atoms with van der Waals surface area (Å²) in [4.78, 5) is 0. The van der Waals surface area contributed by atoms with E-state index in [0.717, 1.165) is 12.8 Å². The normalized spacial score (nSPS) is 37.5. The van der Waals surface area contributed by atoms with Crippen molar-refractivity contribution in [2.45, 2.75) is 42.3 Å². The molecular weight excluding hydrogens is 251 g/mol. The molecule has 1 nitrogen and oxygen atoms in total. The third kappa shape index (κ3) is 2.75. The molecule has 0 aromatic carbocycles. The van der Waals surface area contributed by atoms with Crippen molar-refractivity contribution in [2.24, 2.45) is 0 Å². The molecule has 1 heterocycles. The van der Waals surface area contributed by atoms with Crippen LogP contribution in [0.2, 0.25) is 0 Å². The van der Waals surface area contributed by atoms with Crippen LogP contribution in [0.3, 0.4) is 0 Å². The second-order valence-corrected chi connectivity index (χ2v) is 4.68. The van der Waals surface area contributed by atoms with Gasteiger partial charge in [-0.3, -0.25) is 0 Å². The Morgan fingerprint density at radius 1 is 1.73 bits per heavy atom. The van der Waals surface area contributed by atoms with Crippen molar-refractivity contribution in [3.05, 3.63) is 12.7 Å². The van der Waals surface area contributed by atoms with E-state index in [0.29, 0.717) is 16.1 Å². The van der Waals surface area contributed by atoms with Crippen LogP contribution in [0.5, 0.6) is 0 Å². The number of ether oxygens (including phenoxy) is 1. The number of hydrogen-bond acceptors (Lipinski definition) is 1. The predicted molar refractivity (Wildman–Crippen MR) is 56.2 cm³/mol. The highest BCUT2D eigenvalue weighted by atomic mass is 127. The Kier molecular flexibility index (Phi) is 3.85. The minimum absolute atomic E-state index is 0.449. The van der Waals surface area contributed by atoms with E-state index in [2.05, 4.69) is 36.1 Å². The lowest BCUT2D eigenvalue weighted by atomic mass is 10.1. The van der Waals surface area contributed by atoms with Crippen molar-refractivity contribution >= 4 is 22.6 Å². The largest absolute Gasteiger partial charge is 0.374 e. The minimum Gasteiger partial charge on any atom is -0.374 e. The molecule has 64 valence electrons. The Hall–Kier alpha value is 0.430. The van der Waals surface area contributed by atoms with Crippen molar-refractivity contribution in [1.82, 2.24) is 0 Å². The van der Waals surface area contributed by atoms with Gasteiger partial charge in [0.25, 0.3) is 0 Å². The molecule has 0 radical (unpaired) electrons. The first kappa shape index (κ1) is 9.52. The van der Waals surface area contributed by atoms with Crippen LogP contribution in [-0.2, 0) is 4.74 Å². The molecule has 0 amide bonds. The van der Waals surface area contributed by atoms with Gasteiger partial charge in [-0.25, -0.2) is 0 Å². The summed E-state index contributed by atoms with van der Waals surface area (Å²) >= 11 is 2.47. The number of halogens is 1. The van der Waals surface area contributed by atoms with E-state index < -0.39 is 0 Å². The summed E-state index contributed by atoms with van der Waals surface area (Å²) in [6.45, 7) is 5.86. The smallest absolute Gasteiger partial charge is 0.0669 e. The van der Waals surface area contributed by atoms with Crippen molar-refractivity contribution in [1.29, 1.82) is 0 Å². The molecule has 3 unspecified atom stereocenters. The number of alkyl halides is 1. The molecular formula is C9H15IO. The standard InChI is InChI=1S/C9H15IO/c1-3-4-5-8-6-9(10)7(2)11-8/h3,7-9H,1,4-6H2,2H3. The van der Waals surface area contributed by atoms with E-state index in [4.69, 9.17) is 4.74 Å². The summed E-state index contributed by atoms with van der Waals surface area (Å²) < 4.78 is 6.43. The second-order valence-electron chi connectivity index (χ2n) is 3.08. The third-order valence-electron chi connectivity index (χ3n) is 2.10. The van der Waals surface area contributed by atoms with Crippen molar-refractivity contribution in [3.8, 4) is 0 Å². The summed E-state index contributed by atoms with van der Waals surface area (Å²) in [5.41, 5.74) is 0. The summed E-state index contributed by atoms with van der Waals surface area (Å²) in [5.74, 6) is 0. The molecule has 0 bridgehead atoms. The van der Waals surface area contributed by atoms with Gasteiger partial charge >= 0.3 is 0 Å². The quantitative estimate of drug-likeness (QED) is 0.433. The highest BCUT2D eigenvalue weighted by Crippen LogP contribution is 2.28. The zero-order chi connectivity index (χ0) is 8.27. The van der Waals surface area contributed by atoms with Crippen molar-refractivity contribution in [3.63, 3.8) is 0 Å². The van der Waals surface area contributed by atoms with Crippen LogP contribution in [0.25, 0.3) is 0 Å². The maximum absolute atomic E-state index is 5.72. The highest BCUT2D eigenvalue weighted by Gasteiger charge is 2.29. The van der Waals surface area contributed by atoms with E-state index in [-0.39, 0.29) is 0 Å². The molecule has 1 aliphatic heterocycles. The van der Waals surface area contributed by atoms with Crippen LogP contribution < -0.4 is 0 Å². The second kappa shape index (κ2) is 4.45. The maximum Gasteiger partial charge on any atom is 0.0669 e. The van der Waals surface area contributed by atoms with E-state index in [1.165, 1.54) is 6.42 Å². The fourth-order valence-electron chi connectivity index (χ4n) is 1.38. The van der Waals surface area contributed by atoms with Crippen LogP contribution in [-0.4, -0.2) is 16.1 Å². The SMILES string of the molecule is C=CCCC1CC(I)C(C)O1. The lowest BCUT2D eigenvalue weighted by molar-refractivity contribution is 0.0532. The van der Waals surface area contributed by atoms with Gasteiger partial charge in [-0.05, 0) is 26.2 Å². The van der Waals surface area contributed by atoms with Crippen LogP contribution in [0.4, 0.5) is 0 Å². The first-order valence-corrected chi connectivity index (χ1v) is 5.39. The average Bonchev–Trinajstić information content (AvgIpc) is 2.28. The van der Waals surface area contributed by atoms with Gasteiger partial charge in [-0.2, -0.15) is 0 Å². The summed E-state index contributed by atoms with van der Waals surface area (Å²) in [7, 11) is 0. The Bertz CT molecular complexity index is 126. The molecule has 1 aliphatic rings. The minimum atomic E-state index is 0.449. The number of hydrogen-bond donors (Lipinski definition) is 0. The molecule has 0 N–H and O–H groups in total. The van der Waals surface area contributed by atoms with Crippen molar-refractivity contribution in [2.75, 3.05) is 0 Å². The van der Waals surface area contributed by atoms with Gasteiger partial charge in [0.2, 0.25) is 0 Å². The van der Waals surface area contributed by atoms with E-state index >= 15 is 0 Å². The molecule has 1 saturated heterocycles. The average molecular weight is 266 g/mol. The van der Waals surface area contributed by atoms with Crippen molar-refractivity contribution < 1.29 is 4.74 Å². The van der Waals surface area contributed by atoms with Gasteiger partial charge < -0.3 is 4.74 Å². The lowest BCUT2D eigenvalue weighted by Gasteiger charge is -2.08. The first-order chi connectivity index (χ1) is 5.24. The summed E-state index contributed by atoms with van der Waals surface area (Å²) in [6, 6.07) is 0. The van der Waals surface area contributed by atoms with Crippen LogP contribution in [0.1, 0.15) is 26.2 Å². The third-order valence-corrected chi connectivity index (χ3v) is 3.62. The Balaban J connectivity index is 2.23. The topological polar surface area (TPSA) is 9.23 Å². The van der Waals surface area contributed by atoms with Gasteiger partial charge in [-0.15, -0.1) is 6.58 Å². The monoisotopic (exact) mass is 266 g/mol. The van der Waals surface area contributed by atoms with E-state index in [1.54, 1.807) is 0 Å². The van der Waals surface area contributed by atoms with E-state index in [1.807, 2.05) is 6.08 Å². The molecule has 0 saturated carbocycles. The molecule has 11 heavy (non-hydrogen) atoms. The molecule has 0 spiro atoms. The molecule has 3 atom stereocenters. The zero-order valence-corrected chi connectivity index (χ0v) is 9.08. The molecule has 0 aromatic rings. The van der Waals surface area contributed by atoms with Gasteiger partial charge in [0, 0.05) is 3.92 Å². The van der Waals surface area contributed by atoms with Gasteiger partial charge in [-0.1, -0.05) is 28.7 Å². The fourth-order valence-corrected chi connectivity index (χ4v) is 2.11. The van der Waals surface area contributed by atoms with E-state index in [9.17, 15) is 0 Å². The Labute approximate surface area is 82.3 Å². The highest BCUT2D eigenvalue weighted by molar-refractivity contribution is 14.1. The molecule has 0 aliphatic carbocycles.